The summed E-state index contributed by atoms with van der Waals surface area (Å²) in [6, 6.07) is 11.0. The van der Waals surface area contributed by atoms with E-state index in [0.29, 0.717) is 40.2 Å². The van der Waals surface area contributed by atoms with E-state index in [0.717, 1.165) is 15.8 Å². The second-order valence-electron chi connectivity index (χ2n) is 5.73. The van der Waals surface area contributed by atoms with Gasteiger partial charge in [-0.15, -0.1) is 0 Å². The van der Waals surface area contributed by atoms with Crippen molar-refractivity contribution in [2.45, 2.75) is 20.4 Å². The van der Waals surface area contributed by atoms with E-state index in [4.69, 9.17) is 27.9 Å². The summed E-state index contributed by atoms with van der Waals surface area (Å²) < 4.78 is 8.29. The van der Waals surface area contributed by atoms with Crippen LogP contribution in [-0.4, -0.2) is 23.7 Å². The smallest absolute Gasteiger partial charge is 0.279 e. The summed E-state index contributed by atoms with van der Waals surface area (Å²) in [6.07, 6.45) is 0. The topological polar surface area (TPSA) is 43.6 Å². The third kappa shape index (κ3) is 4.01. The second kappa shape index (κ2) is 8.35. The SMILES string of the molecule is CCOCCn1c(=NC(=O)c2cccc(C)c2)sc2ccc(Cl)c(Cl)c21. The molecule has 0 radical (unpaired) electrons. The number of carbonyl (C=O) groups excluding carboxylic acids is 1. The third-order valence-corrected chi connectivity index (χ3v) is 5.70. The molecule has 0 saturated carbocycles. The van der Waals surface area contributed by atoms with Crippen LogP contribution in [0.1, 0.15) is 22.8 Å². The van der Waals surface area contributed by atoms with E-state index in [9.17, 15) is 4.79 Å². The molecule has 1 amide bonds. The Bertz CT molecular complexity index is 1020. The van der Waals surface area contributed by atoms with Crippen molar-refractivity contribution < 1.29 is 9.53 Å². The summed E-state index contributed by atoms with van der Waals surface area (Å²) >= 11 is 14.0. The summed E-state index contributed by atoms with van der Waals surface area (Å²) in [5, 5.41) is 0.931. The number of rotatable bonds is 5. The molecule has 0 bridgehead atoms. The largest absolute Gasteiger partial charge is 0.380 e. The zero-order valence-corrected chi connectivity index (χ0v) is 16.8. The number of benzene rings is 2. The molecule has 26 heavy (non-hydrogen) atoms. The molecule has 0 N–H and O–H groups in total. The molecule has 3 rings (SSSR count). The van der Waals surface area contributed by atoms with E-state index < -0.39 is 0 Å². The Hall–Kier alpha value is -1.66. The van der Waals surface area contributed by atoms with Crippen LogP contribution in [0.5, 0.6) is 0 Å². The Morgan fingerprint density at radius 3 is 2.81 bits per heavy atom. The van der Waals surface area contributed by atoms with Crippen LogP contribution in [0.2, 0.25) is 10.0 Å². The zero-order valence-electron chi connectivity index (χ0n) is 14.5. The van der Waals surface area contributed by atoms with Crippen LogP contribution < -0.4 is 4.80 Å². The summed E-state index contributed by atoms with van der Waals surface area (Å²) in [5.74, 6) is -0.285. The predicted octanol–water partition coefficient (Wildman–Crippen LogP) is 5.10. The van der Waals surface area contributed by atoms with Crippen LogP contribution in [0.4, 0.5) is 0 Å². The molecule has 0 atom stereocenters. The molecule has 1 aromatic heterocycles. The van der Waals surface area contributed by atoms with Gasteiger partial charge in [0.25, 0.3) is 5.91 Å². The monoisotopic (exact) mass is 408 g/mol. The average molecular weight is 409 g/mol. The van der Waals surface area contributed by atoms with Gasteiger partial charge >= 0.3 is 0 Å². The lowest BCUT2D eigenvalue weighted by molar-refractivity contribution is 0.0996. The van der Waals surface area contributed by atoms with E-state index in [2.05, 4.69) is 4.99 Å². The first-order valence-corrected chi connectivity index (χ1v) is 9.79. The first-order chi connectivity index (χ1) is 12.5. The lowest BCUT2D eigenvalue weighted by Crippen LogP contribution is -2.20. The van der Waals surface area contributed by atoms with Crippen LogP contribution in [0.15, 0.2) is 41.4 Å². The molecule has 3 aromatic rings. The standard InChI is InChI=1S/C19H18Cl2N2O2S/c1-3-25-10-9-23-17-15(8-7-14(20)16(17)21)26-19(23)22-18(24)13-6-4-5-12(2)11-13/h4-8,11H,3,9-10H2,1-2H3. The lowest BCUT2D eigenvalue weighted by Gasteiger charge is -2.07. The predicted molar refractivity (Wildman–Crippen MR) is 107 cm³/mol. The number of aryl methyl sites for hydroxylation is 1. The van der Waals surface area contributed by atoms with Crippen molar-refractivity contribution in [1.82, 2.24) is 4.57 Å². The zero-order chi connectivity index (χ0) is 18.7. The van der Waals surface area contributed by atoms with Gasteiger partial charge in [-0.3, -0.25) is 4.79 Å². The van der Waals surface area contributed by atoms with Gasteiger partial charge in [0.15, 0.2) is 4.80 Å². The van der Waals surface area contributed by atoms with Crippen molar-refractivity contribution in [2.75, 3.05) is 13.2 Å². The van der Waals surface area contributed by atoms with Gasteiger partial charge < -0.3 is 9.30 Å². The molecule has 1 heterocycles. The van der Waals surface area contributed by atoms with Gasteiger partial charge in [0.05, 0.1) is 26.9 Å². The normalized spacial score (nSPS) is 12.1. The number of hydrogen-bond acceptors (Lipinski definition) is 3. The second-order valence-corrected chi connectivity index (χ2v) is 7.52. The van der Waals surface area contributed by atoms with Crippen LogP contribution in [-0.2, 0) is 11.3 Å². The van der Waals surface area contributed by atoms with Gasteiger partial charge in [0, 0.05) is 18.7 Å². The number of halogens is 2. The summed E-state index contributed by atoms with van der Waals surface area (Å²) in [5.41, 5.74) is 2.35. The van der Waals surface area contributed by atoms with Crippen molar-refractivity contribution in [1.29, 1.82) is 0 Å². The van der Waals surface area contributed by atoms with E-state index >= 15 is 0 Å². The maximum absolute atomic E-state index is 12.6. The molecule has 7 heteroatoms. The van der Waals surface area contributed by atoms with Gasteiger partial charge in [-0.25, -0.2) is 0 Å². The molecular formula is C19H18Cl2N2O2S. The highest BCUT2D eigenvalue weighted by Gasteiger charge is 2.14. The van der Waals surface area contributed by atoms with Gasteiger partial charge in [0.1, 0.15) is 0 Å². The van der Waals surface area contributed by atoms with Crippen molar-refractivity contribution in [3.63, 3.8) is 0 Å². The van der Waals surface area contributed by atoms with Crippen LogP contribution >= 0.6 is 34.5 Å². The Balaban J connectivity index is 2.13. The number of ether oxygens (including phenoxy) is 1. The number of amides is 1. The first-order valence-electron chi connectivity index (χ1n) is 8.22. The minimum atomic E-state index is -0.285. The average Bonchev–Trinajstić information content (AvgIpc) is 2.96. The molecular weight excluding hydrogens is 391 g/mol. The van der Waals surface area contributed by atoms with E-state index in [1.54, 1.807) is 12.1 Å². The van der Waals surface area contributed by atoms with Crippen LogP contribution in [0.3, 0.4) is 0 Å². The highest BCUT2D eigenvalue weighted by atomic mass is 35.5. The van der Waals surface area contributed by atoms with Gasteiger partial charge in [-0.1, -0.05) is 52.2 Å². The number of nitrogens with zero attached hydrogens (tertiary/aromatic N) is 2. The minimum absolute atomic E-state index is 0.285. The Morgan fingerprint density at radius 1 is 1.27 bits per heavy atom. The summed E-state index contributed by atoms with van der Waals surface area (Å²) in [4.78, 5) is 17.5. The molecule has 2 aromatic carbocycles. The highest BCUT2D eigenvalue weighted by molar-refractivity contribution is 7.16. The van der Waals surface area contributed by atoms with Gasteiger partial charge in [-0.2, -0.15) is 4.99 Å². The van der Waals surface area contributed by atoms with Crippen molar-refractivity contribution in [2.24, 2.45) is 4.99 Å². The maximum Gasteiger partial charge on any atom is 0.279 e. The van der Waals surface area contributed by atoms with Crippen molar-refractivity contribution in [3.05, 3.63) is 62.4 Å². The van der Waals surface area contributed by atoms with E-state index in [1.807, 2.05) is 42.7 Å². The van der Waals surface area contributed by atoms with Crippen LogP contribution in [0, 0.1) is 6.92 Å². The molecule has 0 aliphatic heterocycles. The van der Waals surface area contributed by atoms with Crippen molar-refractivity contribution in [3.8, 4) is 0 Å². The molecule has 0 unspecified atom stereocenters. The molecule has 4 nitrogen and oxygen atoms in total. The number of fused-ring (bicyclic) bond motifs is 1. The number of carbonyl (C=O) groups is 1. The molecule has 136 valence electrons. The van der Waals surface area contributed by atoms with E-state index in [1.165, 1.54) is 11.3 Å². The van der Waals surface area contributed by atoms with E-state index in [-0.39, 0.29) is 5.91 Å². The lowest BCUT2D eigenvalue weighted by atomic mass is 10.1. The fraction of sp³-hybridized carbons (Fsp3) is 0.263. The molecule has 0 aliphatic rings. The fourth-order valence-corrected chi connectivity index (χ4v) is 4.16. The Labute approximate surface area is 165 Å². The molecule has 0 fully saturated rings. The minimum Gasteiger partial charge on any atom is -0.380 e. The van der Waals surface area contributed by atoms with Crippen LogP contribution in [0.25, 0.3) is 10.2 Å². The molecule has 0 saturated heterocycles. The maximum atomic E-state index is 12.6. The first kappa shape index (κ1) is 19.1. The van der Waals surface area contributed by atoms with Gasteiger partial charge in [-0.05, 0) is 38.1 Å². The Morgan fingerprint density at radius 2 is 2.08 bits per heavy atom. The molecule has 0 spiro atoms. The molecule has 0 aliphatic carbocycles. The van der Waals surface area contributed by atoms with Gasteiger partial charge in [0.2, 0.25) is 0 Å². The number of thiazole rings is 1. The number of aromatic nitrogens is 1. The quantitative estimate of drug-likeness (QED) is 0.551. The highest BCUT2D eigenvalue weighted by Crippen LogP contribution is 2.32. The van der Waals surface area contributed by atoms with Crippen molar-refractivity contribution >= 4 is 50.7 Å². The summed E-state index contributed by atoms with van der Waals surface area (Å²) in [6.45, 7) is 5.53. The Kier molecular flexibility index (Phi) is 6.14. The fourth-order valence-electron chi connectivity index (χ4n) is 2.63. The number of hydrogen-bond donors (Lipinski definition) is 0. The summed E-state index contributed by atoms with van der Waals surface area (Å²) in [7, 11) is 0. The third-order valence-electron chi connectivity index (χ3n) is 3.86.